The van der Waals surface area contributed by atoms with E-state index in [9.17, 15) is 14.4 Å². The van der Waals surface area contributed by atoms with Crippen molar-refractivity contribution in [3.63, 3.8) is 0 Å². The Kier molecular flexibility index (Phi) is 6.60. The molecule has 0 spiro atoms. The van der Waals surface area contributed by atoms with E-state index in [1.165, 1.54) is 0 Å². The number of fused-ring (bicyclic) bond motifs is 1. The lowest BCUT2D eigenvalue weighted by molar-refractivity contribution is -0.115. The summed E-state index contributed by atoms with van der Waals surface area (Å²) in [4.78, 5) is 36.7. The van der Waals surface area contributed by atoms with Gasteiger partial charge in [0.25, 0.3) is 11.1 Å². The van der Waals surface area contributed by atoms with Gasteiger partial charge in [-0.25, -0.2) is 0 Å². The van der Waals surface area contributed by atoms with Gasteiger partial charge in [0, 0.05) is 18.0 Å². The van der Waals surface area contributed by atoms with Gasteiger partial charge < -0.3 is 14.0 Å². The molecule has 2 amide bonds. The van der Waals surface area contributed by atoms with Crippen molar-refractivity contribution >= 4 is 39.9 Å². The summed E-state index contributed by atoms with van der Waals surface area (Å²) in [5.41, 5.74) is 3.05. The first kappa shape index (κ1) is 23.4. The largest absolute Gasteiger partial charge is 0.490 e. The minimum Gasteiger partial charge on any atom is -0.490 e. The summed E-state index contributed by atoms with van der Waals surface area (Å²) in [7, 11) is 1.92. The van der Waals surface area contributed by atoms with Crippen LogP contribution in [-0.2, 0) is 11.8 Å². The van der Waals surface area contributed by atoms with Crippen LogP contribution in [0.2, 0.25) is 0 Å². The molecule has 0 atom stereocenters. The maximum Gasteiger partial charge on any atom is 0.290 e. The van der Waals surface area contributed by atoms with Crippen molar-refractivity contribution in [3.05, 3.63) is 99.6 Å². The van der Waals surface area contributed by atoms with E-state index >= 15 is 0 Å². The van der Waals surface area contributed by atoms with Gasteiger partial charge in [-0.05, 0) is 47.7 Å². The first-order chi connectivity index (χ1) is 17.5. The van der Waals surface area contributed by atoms with Crippen LogP contribution in [0.4, 0.5) is 4.79 Å². The summed E-state index contributed by atoms with van der Waals surface area (Å²) in [5.74, 6) is 0.516. The van der Waals surface area contributed by atoms with E-state index in [-0.39, 0.29) is 29.6 Å². The minimum atomic E-state index is -0.391. The Hall–Kier alpha value is -4.30. The van der Waals surface area contributed by atoms with Gasteiger partial charge in [0.05, 0.1) is 16.1 Å². The highest BCUT2D eigenvalue weighted by atomic mass is 32.2. The minimum absolute atomic E-state index is 0.160. The molecule has 0 unspecified atom stereocenters. The molecule has 1 N–H and O–H groups in total. The van der Waals surface area contributed by atoms with Crippen molar-refractivity contribution in [2.45, 2.75) is 0 Å². The van der Waals surface area contributed by atoms with Crippen LogP contribution in [0.15, 0.2) is 88.6 Å². The fourth-order valence-corrected chi connectivity index (χ4v) is 4.73. The van der Waals surface area contributed by atoms with Crippen molar-refractivity contribution in [1.29, 1.82) is 0 Å². The molecule has 0 radical (unpaired) electrons. The maximum absolute atomic E-state index is 13.3. The van der Waals surface area contributed by atoms with Gasteiger partial charge in [0.1, 0.15) is 19.0 Å². The van der Waals surface area contributed by atoms with Crippen LogP contribution in [0.3, 0.4) is 0 Å². The number of benzene rings is 3. The molecule has 3 aromatic carbocycles. The number of aryl methyl sites for hydroxylation is 1. The van der Waals surface area contributed by atoms with E-state index in [1.54, 1.807) is 36.4 Å². The van der Waals surface area contributed by atoms with Crippen LogP contribution in [-0.4, -0.2) is 28.9 Å². The third-order valence-electron chi connectivity index (χ3n) is 5.73. The predicted molar refractivity (Wildman–Crippen MR) is 141 cm³/mol. The number of para-hydroxylation sites is 1. The molecule has 1 aromatic heterocycles. The highest BCUT2D eigenvalue weighted by Gasteiger charge is 2.24. The Morgan fingerprint density at radius 2 is 1.56 bits per heavy atom. The number of thioether (sulfide) groups is 1. The monoisotopic (exact) mass is 498 g/mol. The van der Waals surface area contributed by atoms with Gasteiger partial charge in [0.2, 0.25) is 5.43 Å². The van der Waals surface area contributed by atoms with Gasteiger partial charge in [-0.1, -0.05) is 54.6 Å². The van der Waals surface area contributed by atoms with Gasteiger partial charge in [-0.2, -0.15) is 0 Å². The molecule has 0 aliphatic carbocycles. The van der Waals surface area contributed by atoms with Gasteiger partial charge in [-0.15, -0.1) is 0 Å². The fraction of sp³-hybridized carbons (Fsp3) is 0.107. The molecule has 4 aromatic rings. The number of carbonyl (C=O) groups excluding carboxylic acids is 2. The average Bonchev–Trinajstić information content (AvgIpc) is 3.22. The Morgan fingerprint density at radius 1 is 0.861 bits per heavy atom. The van der Waals surface area contributed by atoms with Crippen molar-refractivity contribution in [2.75, 3.05) is 13.2 Å². The molecular formula is C28H22N2O5S. The van der Waals surface area contributed by atoms with Gasteiger partial charge >= 0.3 is 0 Å². The molecule has 1 aliphatic heterocycles. The van der Waals surface area contributed by atoms with Crippen molar-refractivity contribution in [2.24, 2.45) is 7.05 Å². The zero-order valence-electron chi connectivity index (χ0n) is 19.4. The van der Waals surface area contributed by atoms with E-state index in [1.807, 2.05) is 60.1 Å². The lowest BCUT2D eigenvalue weighted by Gasteiger charge is -2.18. The predicted octanol–water partition coefficient (Wildman–Crippen LogP) is 4.99. The van der Waals surface area contributed by atoms with E-state index in [4.69, 9.17) is 9.47 Å². The normalized spacial score (nSPS) is 14.3. The molecule has 0 bridgehead atoms. The zero-order valence-corrected chi connectivity index (χ0v) is 20.2. The van der Waals surface area contributed by atoms with Crippen LogP contribution in [0, 0.1) is 0 Å². The number of hydrogen-bond acceptors (Lipinski definition) is 6. The smallest absolute Gasteiger partial charge is 0.290 e. The second-order valence-corrected chi connectivity index (χ2v) is 9.08. The van der Waals surface area contributed by atoms with Crippen LogP contribution >= 0.6 is 11.8 Å². The van der Waals surface area contributed by atoms with Crippen LogP contribution in [0.1, 0.15) is 5.56 Å². The number of nitrogens with one attached hydrogen (secondary N) is 1. The molecule has 7 nitrogen and oxygen atoms in total. The molecule has 36 heavy (non-hydrogen) atoms. The molecular weight excluding hydrogens is 476 g/mol. The van der Waals surface area contributed by atoms with E-state index in [0.29, 0.717) is 21.7 Å². The summed E-state index contributed by atoms with van der Waals surface area (Å²) in [6.07, 6.45) is 1.65. The topological polar surface area (TPSA) is 86.6 Å². The van der Waals surface area contributed by atoms with Crippen LogP contribution in [0.25, 0.3) is 28.2 Å². The van der Waals surface area contributed by atoms with E-state index in [0.717, 1.165) is 28.4 Å². The molecule has 180 valence electrons. The molecule has 8 heteroatoms. The lowest BCUT2D eigenvalue weighted by atomic mass is 10.1. The average molecular weight is 499 g/mol. The summed E-state index contributed by atoms with van der Waals surface area (Å²) in [6, 6.07) is 24.3. The Balaban J connectivity index is 1.31. The number of hydrogen-bond donors (Lipinski definition) is 1. The number of nitrogens with zero attached hydrogens (tertiary/aromatic N) is 1. The van der Waals surface area contributed by atoms with Crippen molar-refractivity contribution in [3.8, 4) is 22.8 Å². The van der Waals surface area contributed by atoms with Crippen molar-refractivity contribution < 1.29 is 19.1 Å². The lowest BCUT2D eigenvalue weighted by Crippen LogP contribution is -2.18. The van der Waals surface area contributed by atoms with E-state index in [2.05, 4.69) is 5.32 Å². The molecule has 5 rings (SSSR count). The van der Waals surface area contributed by atoms with Crippen LogP contribution < -0.4 is 20.2 Å². The van der Waals surface area contributed by atoms with E-state index < -0.39 is 5.91 Å². The Bertz CT molecular complexity index is 1540. The second kappa shape index (κ2) is 10.1. The zero-order chi connectivity index (χ0) is 25.1. The second-order valence-electron chi connectivity index (χ2n) is 8.07. The first-order valence-corrected chi connectivity index (χ1v) is 12.1. The standard InChI is InChI=1S/C28H22N2O5S/c1-30-22-10-6-5-9-21(22)25(31)26(24(30)19-7-3-2-4-8-19)35-16-15-34-20-13-11-18(12-14-20)17-23-27(32)29-28(33)36-23/h2-14,17H,15-16H2,1H3,(H,29,32,33). The number of amides is 2. The molecule has 1 saturated heterocycles. The van der Waals surface area contributed by atoms with Crippen molar-refractivity contribution in [1.82, 2.24) is 9.88 Å². The summed E-state index contributed by atoms with van der Waals surface area (Å²) >= 11 is 0.876. The Labute approximate surface area is 211 Å². The first-order valence-electron chi connectivity index (χ1n) is 11.3. The number of pyridine rings is 1. The number of carbonyl (C=O) groups is 2. The summed E-state index contributed by atoms with van der Waals surface area (Å²) in [5, 5.41) is 2.45. The highest BCUT2D eigenvalue weighted by molar-refractivity contribution is 8.18. The highest BCUT2D eigenvalue weighted by Crippen LogP contribution is 2.30. The number of rotatable bonds is 7. The quantitative estimate of drug-likeness (QED) is 0.286. The third-order valence-corrected chi connectivity index (χ3v) is 6.54. The van der Waals surface area contributed by atoms with Gasteiger partial charge in [0.15, 0.2) is 5.75 Å². The number of ether oxygens (including phenoxy) is 2. The third kappa shape index (κ3) is 4.76. The summed E-state index contributed by atoms with van der Waals surface area (Å²) in [6.45, 7) is 0.412. The summed E-state index contributed by atoms with van der Waals surface area (Å²) < 4.78 is 13.8. The maximum atomic E-state index is 13.3. The number of imide groups is 1. The molecule has 2 heterocycles. The SMILES string of the molecule is Cn1c(-c2ccccc2)c(OCCOc2ccc(C=C3SC(=O)NC3=O)cc2)c(=O)c2ccccc21. The molecule has 0 saturated carbocycles. The molecule has 1 fully saturated rings. The fourth-order valence-electron chi connectivity index (χ4n) is 4.05. The number of aromatic nitrogens is 1. The Morgan fingerprint density at radius 3 is 2.28 bits per heavy atom. The molecule has 1 aliphatic rings. The van der Waals surface area contributed by atoms with Gasteiger partial charge in [-0.3, -0.25) is 19.7 Å². The van der Waals surface area contributed by atoms with Crippen LogP contribution in [0.5, 0.6) is 11.5 Å².